The zero-order valence-corrected chi connectivity index (χ0v) is 7.20. The molecule has 60 valence electrons. The molecule has 0 amide bonds. The summed E-state index contributed by atoms with van der Waals surface area (Å²) in [4.78, 5) is 0. The average Bonchev–Trinajstić information content (AvgIpc) is 2.14. The first-order valence-electron chi connectivity index (χ1n) is 4.31. The molecule has 0 nitrogen and oxygen atoms in total. The normalized spacial score (nSPS) is 24.1. The van der Waals surface area contributed by atoms with Crippen LogP contribution in [0.5, 0.6) is 0 Å². The van der Waals surface area contributed by atoms with E-state index in [1.54, 1.807) is 0 Å². The molecule has 0 heteroatoms. The van der Waals surface area contributed by atoms with Crippen LogP contribution in [0.3, 0.4) is 0 Å². The highest BCUT2D eigenvalue weighted by molar-refractivity contribution is 5.59. The van der Waals surface area contributed by atoms with Gasteiger partial charge in [-0.2, -0.15) is 0 Å². The first-order valence-corrected chi connectivity index (χ1v) is 4.31. The summed E-state index contributed by atoms with van der Waals surface area (Å²) in [5, 5.41) is 0. The predicted molar refractivity (Wildman–Crippen MR) is 52.7 cm³/mol. The second-order valence-corrected chi connectivity index (χ2v) is 3.20. The fourth-order valence-corrected chi connectivity index (χ4v) is 1.32. The van der Waals surface area contributed by atoms with E-state index < -0.39 is 0 Å². The second kappa shape index (κ2) is 2.98. The molecule has 0 heterocycles. The molecule has 0 bridgehead atoms. The molecule has 0 radical (unpaired) electrons. The van der Waals surface area contributed by atoms with Crippen molar-refractivity contribution in [2.45, 2.75) is 6.92 Å². The van der Waals surface area contributed by atoms with Crippen LogP contribution in [-0.2, 0) is 0 Å². The summed E-state index contributed by atoms with van der Waals surface area (Å²) in [6, 6.07) is 10.4. The number of allylic oxidation sites excluding steroid dienone is 3. The van der Waals surface area contributed by atoms with Crippen LogP contribution in [0, 0.1) is 5.92 Å². The van der Waals surface area contributed by atoms with E-state index in [4.69, 9.17) is 0 Å². The van der Waals surface area contributed by atoms with E-state index >= 15 is 0 Å². The van der Waals surface area contributed by atoms with Gasteiger partial charge in [0.25, 0.3) is 0 Å². The van der Waals surface area contributed by atoms with Gasteiger partial charge in [-0.15, -0.1) is 0 Å². The molecule has 0 aliphatic heterocycles. The molecule has 1 aliphatic carbocycles. The van der Waals surface area contributed by atoms with Gasteiger partial charge in [0.15, 0.2) is 0 Å². The maximum absolute atomic E-state index is 2.24. The highest BCUT2D eigenvalue weighted by atomic mass is 14.1. The van der Waals surface area contributed by atoms with E-state index in [2.05, 4.69) is 49.4 Å². The zero-order chi connectivity index (χ0) is 8.39. The standard InChI is InChI=1S/C12H12/c1-10-7-8-12(10)9-11-5-3-2-4-6-11/h2-10H,1H3/b12-9-. The Kier molecular flexibility index (Phi) is 1.83. The van der Waals surface area contributed by atoms with Crippen LogP contribution >= 0.6 is 0 Å². The van der Waals surface area contributed by atoms with Crippen LogP contribution in [0.4, 0.5) is 0 Å². The van der Waals surface area contributed by atoms with Crippen LogP contribution in [0.2, 0.25) is 0 Å². The van der Waals surface area contributed by atoms with Crippen molar-refractivity contribution in [3.05, 3.63) is 53.6 Å². The fraction of sp³-hybridized carbons (Fsp3) is 0.167. The van der Waals surface area contributed by atoms with Gasteiger partial charge in [-0.1, -0.05) is 55.5 Å². The first kappa shape index (κ1) is 7.35. The summed E-state index contributed by atoms with van der Waals surface area (Å²) in [6.07, 6.45) is 6.64. The fourth-order valence-electron chi connectivity index (χ4n) is 1.32. The molecular formula is C12H12. The Balaban J connectivity index is 2.24. The number of hydrogen-bond donors (Lipinski definition) is 0. The Morgan fingerprint density at radius 3 is 2.42 bits per heavy atom. The van der Waals surface area contributed by atoms with Crippen molar-refractivity contribution in [1.29, 1.82) is 0 Å². The summed E-state index contributed by atoms with van der Waals surface area (Å²) < 4.78 is 0. The lowest BCUT2D eigenvalue weighted by Crippen LogP contribution is -2.01. The van der Waals surface area contributed by atoms with E-state index in [1.807, 2.05) is 6.07 Å². The topological polar surface area (TPSA) is 0 Å². The number of hydrogen-bond acceptors (Lipinski definition) is 0. The minimum absolute atomic E-state index is 0.644. The smallest absolute Gasteiger partial charge is 0.000711 e. The summed E-state index contributed by atoms with van der Waals surface area (Å²) in [5.41, 5.74) is 2.73. The van der Waals surface area contributed by atoms with Gasteiger partial charge in [-0.3, -0.25) is 0 Å². The van der Waals surface area contributed by atoms with Gasteiger partial charge in [0.2, 0.25) is 0 Å². The zero-order valence-electron chi connectivity index (χ0n) is 7.20. The molecular weight excluding hydrogens is 144 g/mol. The Bertz CT molecular complexity index is 317. The van der Waals surface area contributed by atoms with Crippen LogP contribution in [0.15, 0.2) is 48.1 Å². The van der Waals surface area contributed by atoms with Gasteiger partial charge in [-0.25, -0.2) is 0 Å². The molecule has 1 aliphatic rings. The molecule has 1 aromatic rings. The van der Waals surface area contributed by atoms with Crippen LogP contribution in [0.1, 0.15) is 12.5 Å². The summed E-state index contributed by atoms with van der Waals surface area (Å²) >= 11 is 0. The minimum Gasteiger partial charge on any atom is -0.0770 e. The van der Waals surface area contributed by atoms with Crippen molar-refractivity contribution in [2.24, 2.45) is 5.92 Å². The van der Waals surface area contributed by atoms with Gasteiger partial charge in [0, 0.05) is 0 Å². The minimum atomic E-state index is 0.644. The van der Waals surface area contributed by atoms with E-state index in [0.29, 0.717) is 5.92 Å². The first-order chi connectivity index (χ1) is 5.86. The molecule has 0 aromatic heterocycles. The highest BCUT2D eigenvalue weighted by Crippen LogP contribution is 2.25. The third-order valence-corrected chi connectivity index (χ3v) is 2.24. The maximum Gasteiger partial charge on any atom is -0.000711 e. The molecule has 0 saturated heterocycles. The van der Waals surface area contributed by atoms with Gasteiger partial charge in [0.05, 0.1) is 0 Å². The molecule has 0 N–H and O–H groups in total. The van der Waals surface area contributed by atoms with Crippen LogP contribution in [0.25, 0.3) is 6.08 Å². The third kappa shape index (κ3) is 1.33. The van der Waals surface area contributed by atoms with Crippen LogP contribution in [-0.4, -0.2) is 0 Å². The molecule has 12 heavy (non-hydrogen) atoms. The highest BCUT2D eigenvalue weighted by Gasteiger charge is 2.09. The lowest BCUT2D eigenvalue weighted by atomic mass is 9.89. The quantitative estimate of drug-likeness (QED) is 0.585. The Morgan fingerprint density at radius 1 is 1.17 bits per heavy atom. The van der Waals surface area contributed by atoms with Crippen molar-refractivity contribution in [2.75, 3.05) is 0 Å². The van der Waals surface area contributed by atoms with Gasteiger partial charge in [-0.05, 0) is 17.1 Å². The second-order valence-electron chi connectivity index (χ2n) is 3.20. The number of rotatable bonds is 1. The molecule has 2 rings (SSSR count). The predicted octanol–water partition coefficient (Wildman–Crippen LogP) is 3.28. The van der Waals surface area contributed by atoms with E-state index in [9.17, 15) is 0 Å². The Morgan fingerprint density at radius 2 is 1.92 bits per heavy atom. The maximum atomic E-state index is 2.24. The molecule has 1 unspecified atom stereocenters. The van der Waals surface area contributed by atoms with Crippen molar-refractivity contribution in [1.82, 2.24) is 0 Å². The lowest BCUT2D eigenvalue weighted by Gasteiger charge is -2.16. The van der Waals surface area contributed by atoms with E-state index in [0.717, 1.165) is 0 Å². The molecule has 0 fully saturated rings. The molecule has 0 spiro atoms. The molecule has 1 aromatic carbocycles. The largest absolute Gasteiger partial charge is 0.0770 e. The summed E-state index contributed by atoms with van der Waals surface area (Å²) in [5.74, 6) is 0.644. The van der Waals surface area contributed by atoms with Crippen molar-refractivity contribution in [3.8, 4) is 0 Å². The lowest BCUT2D eigenvalue weighted by molar-refractivity contribution is 0.845. The molecule has 1 atom stereocenters. The summed E-state index contributed by atoms with van der Waals surface area (Å²) in [6.45, 7) is 2.22. The van der Waals surface area contributed by atoms with Crippen molar-refractivity contribution in [3.63, 3.8) is 0 Å². The Labute approximate surface area is 73.2 Å². The SMILES string of the molecule is CC1C=C/C1=C/c1ccccc1. The van der Waals surface area contributed by atoms with E-state index in [-0.39, 0.29) is 0 Å². The van der Waals surface area contributed by atoms with Crippen molar-refractivity contribution >= 4 is 6.08 Å². The number of benzene rings is 1. The van der Waals surface area contributed by atoms with Gasteiger partial charge >= 0.3 is 0 Å². The van der Waals surface area contributed by atoms with E-state index in [1.165, 1.54) is 11.1 Å². The average molecular weight is 156 g/mol. The third-order valence-electron chi connectivity index (χ3n) is 2.24. The summed E-state index contributed by atoms with van der Waals surface area (Å²) in [7, 11) is 0. The molecule has 0 saturated carbocycles. The Hall–Kier alpha value is -1.30. The van der Waals surface area contributed by atoms with Gasteiger partial charge in [0.1, 0.15) is 0 Å². The van der Waals surface area contributed by atoms with Gasteiger partial charge < -0.3 is 0 Å². The van der Waals surface area contributed by atoms with Crippen molar-refractivity contribution < 1.29 is 0 Å². The van der Waals surface area contributed by atoms with Crippen LogP contribution < -0.4 is 0 Å². The monoisotopic (exact) mass is 156 g/mol.